The summed E-state index contributed by atoms with van der Waals surface area (Å²) in [6.45, 7) is 5.08. The molecule has 1 aromatic carbocycles. The fraction of sp³-hybridized carbons (Fsp3) is 0.529. The van der Waals surface area contributed by atoms with E-state index in [1.807, 2.05) is 6.07 Å². The minimum atomic E-state index is 0.152. The number of rotatable bonds is 3. The van der Waals surface area contributed by atoms with Gasteiger partial charge in [0.1, 0.15) is 5.75 Å². The summed E-state index contributed by atoms with van der Waals surface area (Å²) < 4.78 is 5.52. The number of benzene rings is 1. The van der Waals surface area contributed by atoms with Gasteiger partial charge in [-0.3, -0.25) is 0 Å². The second-order valence-electron chi connectivity index (χ2n) is 6.15. The molecule has 0 saturated heterocycles. The van der Waals surface area contributed by atoms with Gasteiger partial charge >= 0.3 is 0 Å². The highest BCUT2D eigenvalue weighted by atomic mass is 16.5. The number of hydrogen-bond acceptors (Lipinski definition) is 2. The normalized spacial score (nSPS) is 17.8. The number of aromatic amines is 1. The van der Waals surface area contributed by atoms with Gasteiger partial charge in [-0.2, -0.15) is 0 Å². The summed E-state index contributed by atoms with van der Waals surface area (Å²) in [6.07, 6.45) is 4.97. The van der Waals surface area contributed by atoms with Gasteiger partial charge < -0.3 is 15.5 Å². The van der Waals surface area contributed by atoms with Crippen molar-refractivity contribution >= 4 is 10.9 Å². The largest absolute Gasteiger partial charge is 0.495 e. The molecule has 1 aliphatic rings. The number of methoxy groups -OCH3 is 1. The summed E-state index contributed by atoms with van der Waals surface area (Å²) in [5, 5.41) is 1.33. The van der Waals surface area contributed by atoms with Crippen molar-refractivity contribution in [2.75, 3.05) is 13.7 Å². The highest BCUT2D eigenvalue weighted by Crippen LogP contribution is 2.46. The molecule has 3 heteroatoms. The van der Waals surface area contributed by atoms with Gasteiger partial charge in [0, 0.05) is 23.0 Å². The Bertz CT molecular complexity index is 636. The van der Waals surface area contributed by atoms with E-state index in [-0.39, 0.29) is 5.41 Å². The van der Waals surface area contributed by atoms with Crippen LogP contribution < -0.4 is 10.5 Å². The number of fused-ring (bicyclic) bond motifs is 1. The average molecular weight is 272 g/mol. The van der Waals surface area contributed by atoms with Crippen molar-refractivity contribution in [3.8, 4) is 5.75 Å². The first kappa shape index (κ1) is 13.5. The van der Waals surface area contributed by atoms with Gasteiger partial charge in [0.25, 0.3) is 0 Å². The van der Waals surface area contributed by atoms with Crippen LogP contribution in [0.15, 0.2) is 12.1 Å². The van der Waals surface area contributed by atoms with Crippen LogP contribution in [0.1, 0.15) is 42.5 Å². The molecule has 3 nitrogen and oxygen atoms in total. The van der Waals surface area contributed by atoms with E-state index in [1.165, 1.54) is 47.9 Å². The number of hydrogen-bond donors (Lipinski definition) is 2. The number of nitrogens with one attached hydrogen (secondary N) is 1. The van der Waals surface area contributed by atoms with E-state index in [4.69, 9.17) is 10.5 Å². The molecule has 1 heterocycles. The van der Waals surface area contributed by atoms with E-state index >= 15 is 0 Å². The maximum Gasteiger partial charge on any atom is 0.142 e. The lowest BCUT2D eigenvalue weighted by molar-refractivity contribution is 0.419. The highest BCUT2D eigenvalue weighted by Gasteiger charge is 2.38. The van der Waals surface area contributed by atoms with Gasteiger partial charge in [0.15, 0.2) is 0 Å². The molecule has 1 fully saturated rings. The molecule has 0 unspecified atom stereocenters. The topological polar surface area (TPSA) is 51.0 Å². The summed E-state index contributed by atoms with van der Waals surface area (Å²) in [5.74, 6) is 0.921. The molecule has 1 aliphatic carbocycles. The Hall–Kier alpha value is -1.48. The summed E-state index contributed by atoms with van der Waals surface area (Å²) >= 11 is 0. The van der Waals surface area contributed by atoms with Crippen LogP contribution in [0.4, 0.5) is 0 Å². The van der Waals surface area contributed by atoms with Crippen molar-refractivity contribution in [3.63, 3.8) is 0 Å². The predicted molar refractivity (Wildman–Crippen MR) is 83.5 cm³/mol. The van der Waals surface area contributed by atoms with E-state index in [1.54, 1.807) is 7.11 Å². The fourth-order valence-electron chi connectivity index (χ4n) is 4.01. The van der Waals surface area contributed by atoms with Gasteiger partial charge in [0.05, 0.1) is 12.6 Å². The molecule has 0 amide bonds. The summed E-state index contributed by atoms with van der Waals surface area (Å²) in [4.78, 5) is 3.54. The van der Waals surface area contributed by atoms with Gasteiger partial charge in [-0.1, -0.05) is 18.9 Å². The second-order valence-corrected chi connectivity index (χ2v) is 6.15. The molecule has 1 aromatic heterocycles. The third-order valence-corrected chi connectivity index (χ3v) is 5.01. The molecule has 2 aromatic rings. The molecule has 0 atom stereocenters. The minimum absolute atomic E-state index is 0.152. The van der Waals surface area contributed by atoms with Crippen LogP contribution in [0.5, 0.6) is 5.75 Å². The molecule has 1 saturated carbocycles. The Balaban J connectivity index is 2.33. The van der Waals surface area contributed by atoms with Crippen LogP contribution in [0, 0.1) is 13.8 Å². The Kier molecular flexibility index (Phi) is 3.25. The lowest BCUT2D eigenvalue weighted by Gasteiger charge is -2.28. The van der Waals surface area contributed by atoms with Gasteiger partial charge in [-0.25, -0.2) is 0 Å². The van der Waals surface area contributed by atoms with Crippen molar-refractivity contribution in [2.45, 2.75) is 44.9 Å². The van der Waals surface area contributed by atoms with E-state index in [0.29, 0.717) is 0 Å². The molecule has 20 heavy (non-hydrogen) atoms. The molecule has 108 valence electrons. The van der Waals surface area contributed by atoms with Crippen molar-refractivity contribution in [1.82, 2.24) is 4.98 Å². The summed E-state index contributed by atoms with van der Waals surface area (Å²) in [5.41, 5.74) is 11.5. The van der Waals surface area contributed by atoms with Crippen LogP contribution in [-0.4, -0.2) is 18.6 Å². The van der Waals surface area contributed by atoms with Crippen LogP contribution in [0.3, 0.4) is 0 Å². The maximum absolute atomic E-state index is 6.20. The molecule has 3 rings (SSSR count). The average Bonchev–Trinajstić information content (AvgIpc) is 3.04. The Morgan fingerprint density at radius 2 is 1.95 bits per heavy atom. The highest BCUT2D eigenvalue weighted by molar-refractivity contribution is 5.93. The first-order valence-corrected chi connectivity index (χ1v) is 7.49. The van der Waals surface area contributed by atoms with E-state index in [2.05, 4.69) is 24.9 Å². The maximum atomic E-state index is 6.20. The third-order valence-electron chi connectivity index (χ3n) is 5.01. The summed E-state index contributed by atoms with van der Waals surface area (Å²) in [6, 6.07) is 4.19. The standard InChI is InChI=1S/C17H24N2O/c1-11-6-7-13(20-3)16-14(11)15(12(2)19-16)17(10-18)8-4-5-9-17/h6-7,19H,4-5,8-10,18H2,1-3H3. The van der Waals surface area contributed by atoms with Gasteiger partial charge in [0.2, 0.25) is 0 Å². The Labute approximate surface area is 120 Å². The first-order chi connectivity index (χ1) is 9.63. The zero-order chi connectivity index (χ0) is 14.3. The number of aromatic nitrogens is 1. The van der Waals surface area contributed by atoms with Crippen LogP contribution >= 0.6 is 0 Å². The molecule has 3 N–H and O–H groups in total. The molecular weight excluding hydrogens is 248 g/mol. The van der Waals surface area contributed by atoms with Crippen molar-refractivity contribution in [3.05, 3.63) is 29.0 Å². The molecule has 0 bridgehead atoms. The number of H-pyrrole nitrogens is 1. The zero-order valence-corrected chi connectivity index (χ0v) is 12.7. The van der Waals surface area contributed by atoms with Crippen molar-refractivity contribution in [1.29, 1.82) is 0 Å². The molecule has 0 radical (unpaired) electrons. The fourth-order valence-corrected chi connectivity index (χ4v) is 4.01. The Morgan fingerprint density at radius 1 is 1.25 bits per heavy atom. The van der Waals surface area contributed by atoms with E-state index in [9.17, 15) is 0 Å². The first-order valence-electron chi connectivity index (χ1n) is 7.49. The minimum Gasteiger partial charge on any atom is -0.495 e. The summed E-state index contributed by atoms with van der Waals surface area (Å²) in [7, 11) is 1.73. The van der Waals surface area contributed by atoms with Crippen LogP contribution in [-0.2, 0) is 5.41 Å². The van der Waals surface area contributed by atoms with Crippen molar-refractivity contribution < 1.29 is 4.74 Å². The van der Waals surface area contributed by atoms with Crippen LogP contribution in [0.25, 0.3) is 10.9 Å². The van der Waals surface area contributed by atoms with E-state index in [0.717, 1.165) is 17.8 Å². The molecule has 0 spiro atoms. The SMILES string of the molecule is COc1ccc(C)c2c(C3(CN)CCCC3)c(C)[nH]c12. The number of nitrogens with two attached hydrogens (primary N) is 1. The van der Waals surface area contributed by atoms with Crippen molar-refractivity contribution in [2.24, 2.45) is 5.73 Å². The molecular formula is C17H24N2O. The van der Waals surface area contributed by atoms with Gasteiger partial charge in [-0.15, -0.1) is 0 Å². The molecule has 0 aliphatic heterocycles. The number of aryl methyl sites for hydroxylation is 2. The number of ether oxygens (including phenoxy) is 1. The Morgan fingerprint density at radius 3 is 2.55 bits per heavy atom. The third kappa shape index (κ3) is 1.76. The van der Waals surface area contributed by atoms with Crippen LogP contribution in [0.2, 0.25) is 0 Å². The lowest BCUT2D eigenvalue weighted by Crippen LogP contribution is -2.32. The lowest BCUT2D eigenvalue weighted by atomic mass is 9.77. The second kappa shape index (κ2) is 4.81. The quantitative estimate of drug-likeness (QED) is 0.897. The monoisotopic (exact) mass is 272 g/mol. The zero-order valence-electron chi connectivity index (χ0n) is 12.7. The van der Waals surface area contributed by atoms with E-state index < -0.39 is 0 Å². The van der Waals surface area contributed by atoms with Gasteiger partial charge in [-0.05, 0) is 43.9 Å². The predicted octanol–water partition coefficient (Wildman–Crippen LogP) is 3.56. The smallest absolute Gasteiger partial charge is 0.142 e.